The second kappa shape index (κ2) is 3.39. The summed E-state index contributed by atoms with van der Waals surface area (Å²) in [5.41, 5.74) is -0.0491. The molecule has 15 heavy (non-hydrogen) atoms. The SMILES string of the molecule is CC1(C)OC1C(=O)c1ccc(Br)c(F)c1. The molecular formula is C11H10BrFO2. The minimum atomic E-state index is -0.432. The number of hydrogen-bond donors (Lipinski definition) is 0. The molecule has 0 saturated carbocycles. The molecule has 1 aromatic carbocycles. The first-order chi connectivity index (χ1) is 6.92. The number of ketones is 1. The Bertz CT molecular complexity index is 429. The molecule has 1 saturated heterocycles. The number of epoxide rings is 1. The van der Waals surface area contributed by atoms with Crippen molar-refractivity contribution >= 4 is 21.7 Å². The maximum absolute atomic E-state index is 13.2. The average Bonchev–Trinajstić information content (AvgIpc) is 2.79. The van der Waals surface area contributed by atoms with Crippen LogP contribution < -0.4 is 0 Å². The summed E-state index contributed by atoms with van der Waals surface area (Å²) in [5.74, 6) is -0.592. The standard InChI is InChI=1S/C11H10BrFO2/c1-11(2)10(15-11)9(14)6-3-4-7(12)8(13)5-6/h3-5,10H,1-2H3. The molecule has 1 aliphatic heterocycles. The van der Waals surface area contributed by atoms with Gasteiger partial charge in [-0.2, -0.15) is 0 Å². The van der Waals surface area contributed by atoms with E-state index in [9.17, 15) is 9.18 Å². The van der Waals surface area contributed by atoms with Gasteiger partial charge in [0.2, 0.25) is 0 Å². The Labute approximate surface area is 95.6 Å². The third kappa shape index (κ3) is 1.96. The molecule has 4 heteroatoms. The molecule has 0 amide bonds. The number of Topliss-reactive ketones (excluding diaryl/α,β-unsaturated/α-hetero) is 1. The van der Waals surface area contributed by atoms with Crippen LogP contribution in [-0.2, 0) is 4.74 Å². The van der Waals surface area contributed by atoms with Crippen molar-refractivity contribution in [2.45, 2.75) is 25.6 Å². The molecule has 0 aromatic heterocycles. The molecule has 0 radical (unpaired) electrons. The summed E-state index contributed by atoms with van der Waals surface area (Å²) < 4.78 is 18.7. The average molecular weight is 273 g/mol. The molecule has 0 aliphatic carbocycles. The maximum atomic E-state index is 13.2. The van der Waals surface area contributed by atoms with Gasteiger partial charge in [0.25, 0.3) is 0 Å². The van der Waals surface area contributed by atoms with Crippen molar-refractivity contribution in [2.75, 3.05) is 0 Å². The molecule has 1 aromatic rings. The minimum absolute atomic E-state index is 0.161. The van der Waals surface area contributed by atoms with E-state index in [0.717, 1.165) is 0 Å². The first-order valence-electron chi connectivity index (χ1n) is 4.59. The van der Waals surface area contributed by atoms with Gasteiger partial charge in [0.15, 0.2) is 5.78 Å². The van der Waals surface area contributed by atoms with Gasteiger partial charge in [-0.3, -0.25) is 4.79 Å². The number of carbonyl (C=O) groups is 1. The van der Waals surface area contributed by atoms with Gasteiger partial charge in [0, 0.05) is 5.56 Å². The van der Waals surface area contributed by atoms with Crippen LogP contribution in [0.5, 0.6) is 0 Å². The van der Waals surface area contributed by atoms with Crippen LogP contribution in [0, 0.1) is 5.82 Å². The summed E-state index contributed by atoms with van der Waals surface area (Å²) >= 11 is 3.04. The fourth-order valence-corrected chi connectivity index (χ4v) is 1.69. The largest absolute Gasteiger partial charge is 0.358 e. The third-order valence-corrected chi connectivity index (χ3v) is 3.08. The van der Waals surface area contributed by atoms with Gasteiger partial charge in [-0.1, -0.05) is 0 Å². The molecule has 0 N–H and O–H groups in total. The summed E-state index contributed by atoms with van der Waals surface area (Å²) in [5, 5.41) is 0. The lowest BCUT2D eigenvalue weighted by atomic mass is 10.0. The molecule has 1 aliphatic rings. The Morgan fingerprint density at radius 2 is 2.13 bits per heavy atom. The maximum Gasteiger partial charge on any atom is 0.194 e. The van der Waals surface area contributed by atoms with Crippen molar-refractivity contribution in [1.29, 1.82) is 0 Å². The zero-order valence-corrected chi connectivity index (χ0v) is 9.97. The number of carbonyl (C=O) groups excluding carboxylic acids is 1. The molecule has 1 atom stereocenters. The van der Waals surface area contributed by atoms with Gasteiger partial charge in [-0.15, -0.1) is 0 Å². The lowest BCUT2D eigenvalue weighted by Crippen LogP contribution is -2.15. The van der Waals surface area contributed by atoms with Crippen LogP contribution in [0.4, 0.5) is 4.39 Å². The molecule has 1 fully saturated rings. The van der Waals surface area contributed by atoms with Crippen molar-refractivity contribution in [1.82, 2.24) is 0 Å². The van der Waals surface area contributed by atoms with Crippen LogP contribution in [0.15, 0.2) is 22.7 Å². The molecule has 0 bridgehead atoms. The van der Waals surface area contributed by atoms with E-state index in [-0.39, 0.29) is 5.78 Å². The summed E-state index contributed by atoms with van der Waals surface area (Å²) in [6.07, 6.45) is -0.432. The number of benzene rings is 1. The third-order valence-electron chi connectivity index (χ3n) is 2.44. The van der Waals surface area contributed by atoms with E-state index >= 15 is 0 Å². The van der Waals surface area contributed by atoms with Crippen molar-refractivity contribution in [2.24, 2.45) is 0 Å². The number of hydrogen-bond acceptors (Lipinski definition) is 2. The molecule has 2 nitrogen and oxygen atoms in total. The van der Waals surface area contributed by atoms with Gasteiger partial charge in [-0.25, -0.2) is 4.39 Å². The van der Waals surface area contributed by atoms with Crippen molar-refractivity contribution < 1.29 is 13.9 Å². The Morgan fingerprint density at radius 1 is 1.53 bits per heavy atom. The van der Waals surface area contributed by atoms with Crippen molar-refractivity contribution in [3.8, 4) is 0 Å². The van der Waals surface area contributed by atoms with Gasteiger partial charge in [-0.05, 0) is 48.0 Å². The predicted molar refractivity (Wildman–Crippen MR) is 57.4 cm³/mol. The number of halogens is 2. The monoisotopic (exact) mass is 272 g/mol. The predicted octanol–water partition coefficient (Wildman–Crippen LogP) is 2.95. The summed E-state index contributed by atoms with van der Waals surface area (Å²) in [6, 6.07) is 4.34. The minimum Gasteiger partial charge on any atom is -0.358 e. The second-order valence-electron chi connectivity index (χ2n) is 4.09. The fourth-order valence-electron chi connectivity index (χ4n) is 1.44. The number of ether oxygens (including phenoxy) is 1. The van der Waals surface area contributed by atoms with Crippen molar-refractivity contribution in [3.63, 3.8) is 0 Å². The fraction of sp³-hybridized carbons (Fsp3) is 0.364. The van der Waals surface area contributed by atoms with Gasteiger partial charge in [0.1, 0.15) is 11.9 Å². The van der Waals surface area contributed by atoms with Crippen LogP contribution in [0.2, 0.25) is 0 Å². The Kier molecular flexibility index (Phi) is 2.43. The van der Waals surface area contributed by atoms with E-state index in [1.54, 1.807) is 6.07 Å². The zero-order chi connectivity index (χ0) is 11.2. The van der Waals surface area contributed by atoms with E-state index < -0.39 is 17.5 Å². The van der Waals surface area contributed by atoms with Crippen LogP contribution >= 0.6 is 15.9 Å². The Hall–Kier alpha value is -0.740. The Balaban J connectivity index is 2.24. The molecule has 1 heterocycles. The van der Waals surface area contributed by atoms with Gasteiger partial charge in [0.05, 0.1) is 10.1 Å². The smallest absolute Gasteiger partial charge is 0.194 e. The zero-order valence-electron chi connectivity index (χ0n) is 8.38. The molecule has 0 spiro atoms. The topological polar surface area (TPSA) is 29.6 Å². The summed E-state index contributed by atoms with van der Waals surface area (Å²) in [6.45, 7) is 3.68. The normalized spacial score (nSPS) is 22.5. The van der Waals surface area contributed by atoms with Gasteiger partial charge >= 0.3 is 0 Å². The van der Waals surface area contributed by atoms with Crippen LogP contribution in [0.25, 0.3) is 0 Å². The van der Waals surface area contributed by atoms with Crippen LogP contribution in [0.3, 0.4) is 0 Å². The lowest BCUT2D eigenvalue weighted by molar-refractivity contribution is 0.0953. The first kappa shape index (κ1) is 10.8. The quantitative estimate of drug-likeness (QED) is 0.612. The molecule has 80 valence electrons. The van der Waals surface area contributed by atoms with E-state index in [2.05, 4.69) is 15.9 Å². The Morgan fingerprint density at radius 3 is 2.60 bits per heavy atom. The molecule has 1 unspecified atom stereocenters. The first-order valence-corrected chi connectivity index (χ1v) is 5.38. The highest BCUT2D eigenvalue weighted by Crippen LogP contribution is 2.37. The number of rotatable bonds is 2. The molecule has 2 rings (SSSR count). The lowest BCUT2D eigenvalue weighted by Gasteiger charge is -2.00. The summed E-state index contributed by atoms with van der Waals surface area (Å²) in [7, 11) is 0. The van der Waals surface area contributed by atoms with E-state index in [4.69, 9.17) is 4.74 Å². The highest BCUT2D eigenvalue weighted by molar-refractivity contribution is 9.10. The van der Waals surface area contributed by atoms with E-state index in [1.165, 1.54) is 12.1 Å². The van der Waals surface area contributed by atoms with E-state index in [1.807, 2.05) is 13.8 Å². The summed E-state index contributed by atoms with van der Waals surface area (Å²) in [4.78, 5) is 11.8. The molecular weight excluding hydrogens is 263 g/mol. The second-order valence-corrected chi connectivity index (χ2v) is 4.95. The van der Waals surface area contributed by atoms with Crippen LogP contribution in [0.1, 0.15) is 24.2 Å². The highest BCUT2D eigenvalue weighted by atomic mass is 79.9. The van der Waals surface area contributed by atoms with Crippen LogP contribution in [-0.4, -0.2) is 17.5 Å². The highest BCUT2D eigenvalue weighted by Gasteiger charge is 2.52. The van der Waals surface area contributed by atoms with Crippen molar-refractivity contribution in [3.05, 3.63) is 34.1 Å². The van der Waals surface area contributed by atoms with E-state index in [0.29, 0.717) is 10.0 Å². The van der Waals surface area contributed by atoms with Gasteiger partial charge < -0.3 is 4.74 Å².